The summed E-state index contributed by atoms with van der Waals surface area (Å²) in [5.41, 5.74) is 3.33. The lowest BCUT2D eigenvalue weighted by Crippen LogP contribution is -2.39. The number of carbonyl (C=O) groups excluding carboxylic acids is 2. The van der Waals surface area contributed by atoms with Crippen LogP contribution in [0.2, 0.25) is 0 Å². The fourth-order valence-corrected chi connectivity index (χ4v) is 1.21. The van der Waals surface area contributed by atoms with E-state index in [1.165, 1.54) is 11.1 Å². The quantitative estimate of drug-likeness (QED) is 0.322. The maximum atomic E-state index is 11.7. The summed E-state index contributed by atoms with van der Waals surface area (Å²) in [5.74, 6) is 4.89. The molecule has 0 aliphatic rings. The normalized spacial score (nSPS) is 9.63. The Morgan fingerprint density at radius 2 is 1.95 bits per heavy atom. The SMILES string of the molecule is CN(C)C(=O)NCCNC(=O)c1ccc(NN)cn1. The Kier molecular flexibility index (Phi) is 5.55. The van der Waals surface area contributed by atoms with Crippen LogP contribution in [0.1, 0.15) is 10.5 Å². The molecule has 104 valence electrons. The first-order valence-corrected chi connectivity index (χ1v) is 5.70. The average molecular weight is 266 g/mol. The standard InChI is InChI=1S/C11H18N6O2/c1-17(2)11(19)14-6-5-13-10(18)9-4-3-8(16-12)7-15-9/h3-4,7,16H,5-6,12H2,1-2H3,(H,13,18)(H,14,19). The van der Waals surface area contributed by atoms with Crippen LogP contribution in [-0.2, 0) is 0 Å². The molecule has 0 fully saturated rings. The number of hydrogen-bond acceptors (Lipinski definition) is 5. The van der Waals surface area contributed by atoms with Crippen molar-refractivity contribution in [2.45, 2.75) is 0 Å². The van der Waals surface area contributed by atoms with E-state index in [1.807, 2.05) is 0 Å². The number of nitrogens with zero attached hydrogens (tertiary/aromatic N) is 2. The molecule has 0 radical (unpaired) electrons. The number of urea groups is 1. The van der Waals surface area contributed by atoms with Gasteiger partial charge in [-0.1, -0.05) is 0 Å². The van der Waals surface area contributed by atoms with Gasteiger partial charge in [0.05, 0.1) is 11.9 Å². The minimum absolute atomic E-state index is 0.203. The molecule has 8 heteroatoms. The molecular formula is C11H18N6O2. The van der Waals surface area contributed by atoms with Crippen molar-refractivity contribution in [3.8, 4) is 0 Å². The van der Waals surface area contributed by atoms with E-state index in [0.717, 1.165) is 0 Å². The molecule has 0 saturated carbocycles. The van der Waals surface area contributed by atoms with Crippen molar-refractivity contribution in [3.63, 3.8) is 0 Å². The third kappa shape index (κ3) is 4.80. The largest absolute Gasteiger partial charge is 0.349 e. The summed E-state index contributed by atoms with van der Waals surface area (Å²) in [7, 11) is 3.29. The van der Waals surface area contributed by atoms with E-state index in [2.05, 4.69) is 21.0 Å². The number of nitrogen functional groups attached to an aromatic ring is 1. The number of amides is 3. The first-order chi connectivity index (χ1) is 9.04. The van der Waals surface area contributed by atoms with Crippen LogP contribution in [0.4, 0.5) is 10.5 Å². The van der Waals surface area contributed by atoms with Crippen LogP contribution in [-0.4, -0.2) is 49.0 Å². The second-order valence-corrected chi connectivity index (χ2v) is 3.96. The summed E-state index contributed by atoms with van der Waals surface area (Å²) in [6, 6.07) is 3.00. The molecule has 0 spiro atoms. The zero-order chi connectivity index (χ0) is 14.3. The smallest absolute Gasteiger partial charge is 0.316 e. The Morgan fingerprint density at radius 3 is 2.47 bits per heavy atom. The van der Waals surface area contributed by atoms with E-state index in [4.69, 9.17) is 5.84 Å². The lowest BCUT2D eigenvalue weighted by atomic mass is 10.3. The molecule has 0 aromatic carbocycles. The van der Waals surface area contributed by atoms with Crippen LogP contribution in [0, 0.1) is 0 Å². The number of pyridine rings is 1. The van der Waals surface area contributed by atoms with Crippen LogP contribution in [0.25, 0.3) is 0 Å². The minimum Gasteiger partial charge on any atom is -0.349 e. The van der Waals surface area contributed by atoms with Gasteiger partial charge in [-0.15, -0.1) is 0 Å². The van der Waals surface area contributed by atoms with Crippen molar-refractivity contribution in [2.75, 3.05) is 32.6 Å². The number of carbonyl (C=O) groups is 2. The first-order valence-electron chi connectivity index (χ1n) is 5.70. The number of nitrogens with two attached hydrogens (primary N) is 1. The van der Waals surface area contributed by atoms with Crippen LogP contribution in [0.3, 0.4) is 0 Å². The lowest BCUT2D eigenvalue weighted by Gasteiger charge is -2.12. The highest BCUT2D eigenvalue weighted by Gasteiger charge is 2.06. The highest BCUT2D eigenvalue weighted by atomic mass is 16.2. The second kappa shape index (κ2) is 7.17. The van der Waals surface area contributed by atoms with E-state index >= 15 is 0 Å². The molecule has 1 aromatic rings. The van der Waals surface area contributed by atoms with Gasteiger partial charge in [0.1, 0.15) is 5.69 Å². The molecule has 5 N–H and O–H groups in total. The molecular weight excluding hydrogens is 248 g/mol. The van der Waals surface area contributed by atoms with Gasteiger partial charge in [0, 0.05) is 27.2 Å². The zero-order valence-corrected chi connectivity index (χ0v) is 10.9. The number of hydrazine groups is 1. The number of hydrogen-bond donors (Lipinski definition) is 4. The van der Waals surface area contributed by atoms with Crippen molar-refractivity contribution < 1.29 is 9.59 Å². The maximum absolute atomic E-state index is 11.7. The first kappa shape index (κ1) is 14.7. The van der Waals surface area contributed by atoms with Crippen molar-refractivity contribution in [3.05, 3.63) is 24.0 Å². The predicted octanol–water partition coefficient (Wildman–Crippen LogP) is -0.632. The third-order valence-corrected chi connectivity index (χ3v) is 2.26. The molecule has 0 aliphatic heterocycles. The number of aromatic nitrogens is 1. The van der Waals surface area contributed by atoms with Crippen LogP contribution >= 0.6 is 0 Å². The highest BCUT2D eigenvalue weighted by Crippen LogP contribution is 2.03. The maximum Gasteiger partial charge on any atom is 0.316 e. The minimum atomic E-state index is -0.303. The molecule has 1 heterocycles. The summed E-state index contributed by atoms with van der Waals surface area (Å²) in [4.78, 5) is 28.2. The molecule has 8 nitrogen and oxygen atoms in total. The predicted molar refractivity (Wildman–Crippen MR) is 71.5 cm³/mol. The molecule has 0 saturated heterocycles. The number of nitrogens with one attached hydrogen (secondary N) is 3. The lowest BCUT2D eigenvalue weighted by molar-refractivity contribution is 0.0948. The summed E-state index contributed by atoms with van der Waals surface area (Å²) in [5, 5.41) is 5.28. The van der Waals surface area contributed by atoms with Crippen LogP contribution < -0.4 is 21.9 Å². The van der Waals surface area contributed by atoms with Gasteiger partial charge in [-0.3, -0.25) is 10.6 Å². The topological polar surface area (TPSA) is 112 Å². The van der Waals surface area contributed by atoms with E-state index in [9.17, 15) is 9.59 Å². The zero-order valence-electron chi connectivity index (χ0n) is 10.9. The van der Waals surface area contributed by atoms with E-state index in [1.54, 1.807) is 26.2 Å². The van der Waals surface area contributed by atoms with Gasteiger partial charge in [0.2, 0.25) is 0 Å². The van der Waals surface area contributed by atoms with Crippen molar-refractivity contribution >= 4 is 17.6 Å². The Balaban J connectivity index is 2.33. The monoisotopic (exact) mass is 266 g/mol. The second-order valence-electron chi connectivity index (χ2n) is 3.96. The Hall–Kier alpha value is -2.35. The number of rotatable bonds is 5. The average Bonchev–Trinajstić information content (AvgIpc) is 2.43. The van der Waals surface area contributed by atoms with Gasteiger partial charge in [-0.25, -0.2) is 9.78 Å². The van der Waals surface area contributed by atoms with E-state index in [-0.39, 0.29) is 17.6 Å². The van der Waals surface area contributed by atoms with Crippen LogP contribution in [0.5, 0.6) is 0 Å². The Labute approximate surface area is 111 Å². The Morgan fingerprint density at radius 1 is 1.26 bits per heavy atom. The van der Waals surface area contributed by atoms with Crippen molar-refractivity contribution in [1.82, 2.24) is 20.5 Å². The molecule has 0 aliphatic carbocycles. The van der Waals surface area contributed by atoms with Crippen LogP contribution in [0.15, 0.2) is 18.3 Å². The molecule has 1 aromatic heterocycles. The van der Waals surface area contributed by atoms with Gasteiger partial charge in [0.25, 0.3) is 5.91 Å². The van der Waals surface area contributed by atoms with Crippen molar-refractivity contribution in [1.29, 1.82) is 0 Å². The van der Waals surface area contributed by atoms with Gasteiger partial charge < -0.3 is 21.0 Å². The molecule has 3 amide bonds. The molecule has 0 unspecified atom stereocenters. The summed E-state index contributed by atoms with van der Waals surface area (Å²) in [6.07, 6.45) is 1.46. The van der Waals surface area contributed by atoms with Gasteiger partial charge in [-0.2, -0.15) is 0 Å². The van der Waals surface area contributed by atoms with E-state index in [0.29, 0.717) is 18.8 Å². The van der Waals surface area contributed by atoms with Gasteiger partial charge >= 0.3 is 6.03 Å². The fraction of sp³-hybridized carbons (Fsp3) is 0.364. The highest BCUT2D eigenvalue weighted by molar-refractivity contribution is 5.92. The van der Waals surface area contributed by atoms with Gasteiger partial charge in [-0.05, 0) is 12.1 Å². The third-order valence-electron chi connectivity index (χ3n) is 2.26. The Bertz CT molecular complexity index is 431. The molecule has 0 bridgehead atoms. The summed E-state index contributed by atoms with van der Waals surface area (Å²) >= 11 is 0. The van der Waals surface area contributed by atoms with Crippen molar-refractivity contribution in [2.24, 2.45) is 5.84 Å². The fourth-order valence-electron chi connectivity index (χ4n) is 1.21. The number of anilines is 1. The van der Waals surface area contributed by atoms with E-state index < -0.39 is 0 Å². The molecule has 19 heavy (non-hydrogen) atoms. The van der Waals surface area contributed by atoms with Gasteiger partial charge in [0.15, 0.2) is 0 Å². The molecule has 1 rings (SSSR count). The summed E-state index contributed by atoms with van der Waals surface area (Å²) < 4.78 is 0. The molecule has 0 atom stereocenters. The summed E-state index contributed by atoms with van der Waals surface area (Å²) in [6.45, 7) is 0.683.